The molecule has 0 bridgehead atoms. The van der Waals surface area contributed by atoms with Gasteiger partial charge in [0.25, 0.3) is 0 Å². The second-order valence-corrected chi connectivity index (χ2v) is 7.46. The zero-order chi connectivity index (χ0) is 15.6. The Morgan fingerprint density at radius 3 is 2.50 bits per heavy atom. The normalized spacial score (nSPS) is 26.6. The van der Waals surface area contributed by atoms with Crippen molar-refractivity contribution >= 4 is 12.4 Å². The fraction of sp³-hybridized carbons (Fsp3) is 0.455. The number of nitrogens with zero attached hydrogens (tertiary/aromatic N) is 1. The minimum Gasteiger partial charge on any atom is -0.302 e. The maximum atomic E-state index is 2.64. The summed E-state index contributed by atoms with van der Waals surface area (Å²) in [5.74, 6) is 1.62. The van der Waals surface area contributed by atoms with E-state index in [2.05, 4.69) is 66.5 Å². The molecule has 3 atom stereocenters. The molecule has 4 rings (SSSR count). The second-order valence-electron chi connectivity index (χ2n) is 7.46. The first-order valence-electron chi connectivity index (χ1n) is 9.13. The highest BCUT2D eigenvalue weighted by Crippen LogP contribution is 2.41. The summed E-state index contributed by atoms with van der Waals surface area (Å²) in [7, 11) is 2.34. The molecule has 1 aliphatic heterocycles. The molecule has 128 valence electrons. The molecule has 0 N–H and O–H groups in total. The van der Waals surface area contributed by atoms with E-state index in [1.165, 1.54) is 44.2 Å². The van der Waals surface area contributed by atoms with Crippen molar-refractivity contribution in [2.24, 2.45) is 5.92 Å². The van der Waals surface area contributed by atoms with Crippen LogP contribution in [0.3, 0.4) is 0 Å². The number of fused-ring (bicyclic) bond motifs is 3. The molecule has 1 fully saturated rings. The number of hydrogen-bond acceptors (Lipinski definition) is 1. The Labute approximate surface area is 152 Å². The van der Waals surface area contributed by atoms with E-state index in [9.17, 15) is 0 Å². The number of halogens is 1. The number of rotatable bonds is 2. The molecule has 2 heteroatoms. The lowest BCUT2D eigenvalue weighted by atomic mass is 9.73. The van der Waals surface area contributed by atoms with Gasteiger partial charge in [-0.2, -0.15) is 0 Å². The standard InChI is InChI=1S/C22H27N.ClH/c1-23-16-22-19(12-11-18-9-5-6-10-21(18)22)13-14-20(23)15-17-7-3-2-4-8-17;/h2-10,19-20,22H,11-16H2,1H3;1H/t19-,20?,22-;/m0./s1. The zero-order valence-corrected chi connectivity index (χ0v) is 15.3. The fourth-order valence-electron chi connectivity index (χ4n) is 4.74. The Kier molecular flexibility index (Phi) is 5.63. The van der Waals surface area contributed by atoms with Gasteiger partial charge in [0.2, 0.25) is 0 Å². The number of benzene rings is 2. The van der Waals surface area contributed by atoms with Crippen LogP contribution in [0.1, 0.15) is 41.9 Å². The van der Waals surface area contributed by atoms with Crippen LogP contribution in [0.2, 0.25) is 0 Å². The molecule has 24 heavy (non-hydrogen) atoms. The van der Waals surface area contributed by atoms with Gasteiger partial charge in [-0.1, -0.05) is 54.6 Å². The molecule has 0 aromatic heterocycles. The van der Waals surface area contributed by atoms with E-state index in [1.54, 1.807) is 11.1 Å². The quantitative estimate of drug-likeness (QED) is 0.735. The molecular weight excluding hydrogens is 314 g/mol. The molecule has 1 unspecified atom stereocenters. The van der Waals surface area contributed by atoms with Gasteiger partial charge in [0, 0.05) is 12.6 Å². The van der Waals surface area contributed by atoms with E-state index >= 15 is 0 Å². The van der Waals surface area contributed by atoms with E-state index in [0.29, 0.717) is 6.04 Å². The summed E-state index contributed by atoms with van der Waals surface area (Å²) in [6.45, 7) is 1.22. The predicted octanol–water partition coefficient (Wildman–Crippen LogP) is 5.09. The number of aryl methyl sites for hydroxylation is 1. The molecule has 2 aromatic rings. The van der Waals surface area contributed by atoms with Gasteiger partial charge < -0.3 is 4.90 Å². The third-order valence-electron chi connectivity index (χ3n) is 6.10. The number of likely N-dealkylation sites (N-methyl/N-ethyl adjacent to an activating group) is 1. The van der Waals surface area contributed by atoms with Crippen LogP contribution in [0.5, 0.6) is 0 Å². The topological polar surface area (TPSA) is 3.24 Å². The minimum atomic E-state index is 0. The Morgan fingerprint density at radius 1 is 0.917 bits per heavy atom. The maximum Gasteiger partial charge on any atom is 0.0133 e. The Morgan fingerprint density at radius 2 is 1.67 bits per heavy atom. The lowest BCUT2D eigenvalue weighted by Gasteiger charge is -2.34. The first kappa shape index (κ1) is 17.5. The van der Waals surface area contributed by atoms with Gasteiger partial charge in [-0.25, -0.2) is 0 Å². The summed E-state index contributed by atoms with van der Waals surface area (Å²) in [5.41, 5.74) is 4.72. The molecule has 1 aliphatic carbocycles. The Balaban J connectivity index is 0.00000169. The van der Waals surface area contributed by atoms with Gasteiger partial charge in [-0.15, -0.1) is 12.4 Å². The summed E-state index contributed by atoms with van der Waals surface area (Å²) < 4.78 is 0. The van der Waals surface area contributed by atoms with Crippen LogP contribution in [0, 0.1) is 5.92 Å². The van der Waals surface area contributed by atoms with Crippen LogP contribution >= 0.6 is 12.4 Å². The molecule has 1 nitrogen and oxygen atoms in total. The van der Waals surface area contributed by atoms with Crippen molar-refractivity contribution in [3.05, 3.63) is 71.3 Å². The molecule has 0 amide bonds. The molecule has 1 heterocycles. The third kappa shape index (κ3) is 3.53. The SMILES string of the molecule is CN1C[C@@H]2c3ccccc3CC[C@H]2CCC1Cc1ccccc1.Cl. The van der Waals surface area contributed by atoms with Crippen LogP contribution in [0.15, 0.2) is 54.6 Å². The van der Waals surface area contributed by atoms with Gasteiger partial charge in [-0.05, 0) is 67.7 Å². The first-order valence-corrected chi connectivity index (χ1v) is 9.13. The van der Waals surface area contributed by atoms with Crippen molar-refractivity contribution in [3.63, 3.8) is 0 Å². The Bertz CT molecular complexity index is 654. The highest BCUT2D eigenvalue weighted by molar-refractivity contribution is 5.85. The average molecular weight is 342 g/mol. The van der Waals surface area contributed by atoms with Gasteiger partial charge in [0.15, 0.2) is 0 Å². The molecule has 0 saturated carbocycles. The summed E-state index contributed by atoms with van der Waals surface area (Å²) >= 11 is 0. The van der Waals surface area contributed by atoms with Gasteiger partial charge >= 0.3 is 0 Å². The summed E-state index contributed by atoms with van der Waals surface area (Å²) in [6.07, 6.45) is 6.59. The van der Waals surface area contributed by atoms with Crippen molar-refractivity contribution in [1.29, 1.82) is 0 Å². The van der Waals surface area contributed by atoms with Crippen molar-refractivity contribution in [1.82, 2.24) is 4.90 Å². The lowest BCUT2D eigenvalue weighted by molar-refractivity contribution is 0.230. The van der Waals surface area contributed by atoms with E-state index in [0.717, 1.165) is 11.8 Å². The maximum absolute atomic E-state index is 2.64. The van der Waals surface area contributed by atoms with Crippen molar-refractivity contribution in [3.8, 4) is 0 Å². The van der Waals surface area contributed by atoms with E-state index in [-0.39, 0.29) is 12.4 Å². The van der Waals surface area contributed by atoms with Crippen LogP contribution in [-0.2, 0) is 12.8 Å². The van der Waals surface area contributed by atoms with Gasteiger partial charge in [0.05, 0.1) is 0 Å². The predicted molar refractivity (Wildman–Crippen MR) is 104 cm³/mol. The van der Waals surface area contributed by atoms with Crippen molar-refractivity contribution in [2.45, 2.75) is 44.1 Å². The van der Waals surface area contributed by atoms with Crippen LogP contribution in [0.4, 0.5) is 0 Å². The molecule has 0 spiro atoms. The highest BCUT2D eigenvalue weighted by Gasteiger charge is 2.34. The molecule has 2 aliphatic rings. The Hall–Kier alpha value is -1.31. The van der Waals surface area contributed by atoms with E-state index in [4.69, 9.17) is 0 Å². The smallest absolute Gasteiger partial charge is 0.0133 e. The van der Waals surface area contributed by atoms with E-state index < -0.39 is 0 Å². The monoisotopic (exact) mass is 341 g/mol. The molecule has 0 radical (unpaired) electrons. The highest BCUT2D eigenvalue weighted by atomic mass is 35.5. The summed E-state index contributed by atoms with van der Waals surface area (Å²) in [6, 6.07) is 20.9. The van der Waals surface area contributed by atoms with Gasteiger partial charge in [0.1, 0.15) is 0 Å². The average Bonchev–Trinajstić information content (AvgIpc) is 2.75. The molecule has 1 saturated heterocycles. The summed E-state index contributed by atoms with van der Waals surface area (Å²) in [4.78, 5) is 2.64. The van der Waals surface area contributed by atoms with E-state index in [1.807, 2.05) is 0 Å². The first-order chi connectivity index (χ1) is 11.3. The van der Waals surface area contributed by atoms with Crippen LogP contribution in [0.25, 0.3) is 0 Å². The molecule has 2 aromatic carbocycles. The number of hydrogen-bond donors (Lipinski definition) is 0. The number of likely N-dealkylation sites (tertiary alicyclic amines) is 1. The van der Waals surface area contributed by atoms with Crippen LogP contribution in [-0.4, -0.2) is 24.5 Å². The largest absolute Gasteiger partial charge is 0.302 e. The summed E-state index contributed by atoms with van der Waals surface area (Å²) in [5, 5.41) is 0. The third-order valence-corrected chi connectivity index (χ3v) is 6.10. The van der Waals surface area contributed by atoms with Crippen molar-refractivity contribution < 1.29 is 0 Å². The second kappa shape index (κ2) is 7.72. The minimum absolute atomic E-state index is 0. The zero-order valence-electron chi connectivity index (χ0n) is 14.5. The van der Waals surface area contributed by atoms with Gasteiger partial charge in [-0.3, -0.25) is 0 Å². The van der Waals surface area contributed by atoms with Crippen molar-refractivity contribution in [2.75, 3.05) is 13.6 Å². The van der Waals surface area contributed by atoms with Crippen LogP contribution < -0.4 is 0 Å². The lowest BCUT2D eigenvalue weighted by Crippen LogP contribution is -2.35. The molecular formula is C22H28ClN. The fourth-order valence-corrected chi connectivity index (χ4v) is 4.74.